The third kappa shape index (κ3) is 1.70. The van der Waals surface area contributed by atoms with Crippen molar-refractivity contribution in [2.24, 2.45) is 0 Å². The molecule has 6 heteroatoms. The highest BCUT2D eigenvalue weighted by Crippen LogP contribution is 2.25. The summed E-state index contributed by atoms with van der Waals surface area (Å²) in [6, 6.07) is 12.0. The van der Waals surface area contributed by atoms with E-state index in [0.29, 0.717) is 5.82 Å². The number of hydrogen-bond acceptors (Lipinski definition) is 4. The first-order chi connectivity index (χ1) is 8.65. The zero-order valence-electron chi connectivity index (χ0n) is 9.34. The number of nitrogens with zero attached hydrogens (tertiary/aromatic N) is 3. The van der Waals surface area contributed by atoms with E-state index in [1.165, 1.54) is 4.68 Å². The molecule has 0 radical (unpaired) electrons. The molecule has 0 aliphatic rings. The van der Waals surface area contributed by atoms with Gasteiger partial charge in [-0.25, -0.2) is 4.68 Å². The number of anilines is 1. The Bertz CT molecular complexity index is 734. The highest BCUT2D eigenvalue weighted by atomic mass is 79.9. The van der Waals surface area contributed by atoms with Crippen LogP contribution in [0.1, 0.15) is 0 Å². The predicted octanol–water partition coefficient (Wildman–Crippen LogP) is 2.16. The number of aromatic nitrogens is 3. The third-order valence-electron chi connectivity index (χ3n) is 2.78. The maximum Gasteiger partial charge on any atom is 0.241 e. The molecule has 18 heavy (non-hydrogen) atoms. The minimum absolute atomic E-state index is 0.195. The lowest BCUT2D eigenvalue weighted by molar-refractivity contribution is 1.02. The molecule has 3 rings (SSSR count). The van der Waals surface area contributed by atoms with E-state index in [2.05, 4.69) is 32.2 Å². The van der Waals surface area contributed by atoms with Gasteiger partial charge in [0.1, 0.15) is 0 Å². The average molecular weight is 304 g/mol. The number of hydrogen-bond donors (Lipinski definition) is 2. The zero-order valence-corrected chi connectivity index (χ0v) is 10.9. The second kappa shape index (κ2) is 3.99. The van der Waals surface area contributed by atoms with Gasteiger partial charge >= 0.3 is 0 Å². The normalized spacial score (nSPS) is 10.9. The highest BCUT2D eigenvalue weighted by molar-refractivity contribution is 9.10. The second-order valence-corrected chi connectivity index (χ2v) is 4.87. The molecule has 0 bridgehead atoms. The Morgan fingerprint density at radius 3 is 2.44 bits per heavy atom. The molecule has 0 fully saturated rings. The molecule has 0 saturated heterocycles. The predicted molar refractivity (Wildman–Crippen MR) is 75.2 cm³/mol. The summed E-state index contributed by atoms with van der Waals surface area (Å²) in [7, 11) is 0. The Kier molecular flexibility index (Phi) is 2.45. The number of nitrogen functional groups attached to an aromatic ring is 2. The van der Waals surface area contributed by atoms with Crippen LogP contribution in [-0.4, -0.2) is 14.9 Å². The summed E-state index contributed by atoms with van der Waals surface area (Å²) < 4.78 is 2.33. The second-order valence-electron chi connectivity index (χ2n) is 3.96. The largest absolute Gasteiger partial charge is 0.366 e. The molecule has 5 nitrogen and oxygen atoms in total. The van der Waals surface area contributed by atoms with E-state index in [1.807, 2.05) is 30.3 Å². The number of fused-ring (bicyclic) bond motifs is 1. The quantitative estimate of drug-likeness (QED) is 0.675. The Morgan fingerprint density at radius 2 is 1.72 bits per heavy atom. The Hall–Kier alpha value is -2.08. The molecule has 2 aromatic carbocycles. The van der Waals surface area contributed by atoms with Gasteiger partial charge < -0.3 is 11.6 Å². The molecule has 0 unspecified atom stereocenters. The van der Waals surface area contributed by atoms with E-state index in [4.69, 9.17) is 11.6 Å². The van der Waals surface area contributed by atoms with Crippen LogP contribution in [-0.2, 0) is 0 Å². The Labute approximate surface area is 112 Å². The van der Waals surface area contributed by atoms with Crippen molar-refractivity contribution in [2.75, 3.05) is 11.6 Å². The average Bonchev–Trinajstić information content (AvgIpc) is 2.69. The van der Waals surface area contributed by atoms with Gasteiger partial charge in [0.05, 0.1) is 0 Å². The van der Waals surface area contributed by atoms with Crippen LogP contribution < -0.4 is 11.6 Å². The van der Waals surface area contributed by atoms with E-state index < -0.39 is 0 Å². The first-order valence-corrected chi connectivity index (χ1v) is 6.10. The Balaban J connectivity index is 2.19. The minimum Gasteiger partial charge on any atom is -0.366 e. The van der Waals surface area contributed by atoms with Crippen molar-refractivity contribution in [3.63, 3.8) is 0 Å². The van der Waals surface area contributed by atoms with Crippen molar-refractivity contribution in [1.82, 2.24) is 14.9 Å². The molecule has 4 N–H and O–H groups in total. The standard InChI is InChI=1S/C12H10BrN5/c13-10-4-3-7-5-9(2-1-8(7)6-10)11-16-17-12(14)18(11)15/h1-6H,15H2,(H2,14,17). The van der Waals surface area contributed by atoms with Gasteiger partial charge in [0.2, 0.25) is 5.95 Å². The summed E-state index contributed by atoms with van der Waals surface area (Å²) in [5, 5.41) is 9.96. The molecule has 0 aliphatic heterocycles. The van der Waals surface area contributed by atoms with Crippen molar-refractivity contribution >= 4 is 32.7 Å². The van der Waals surface area contributed by atoms with Gasteiger partial charge in [0, 0.05) is 10.0 Å². The number of nitrogens with two attached hydrogens (primary N) is 2. The van der Waals surface area contributed by atoms with Crippen LogP contribution in [0.2, 0.25) is 0 Å². The fraction of sp³-hybridized carbons (Fsp3) is 0. The van der Waals surface area contributed by atoms with Crippen LogP contribution in [0.15, 0.2) is 40.9 Å². The maximum absolute atomic E-state index is 5.76. The van der Waals surface area contributed by atoms with Crippen LogP contribution in [0.3, 0.4) is 0 Å². The van der Waals surface area contributed by atoms with E-state index in [-0.39, 0.29) is 5.95 Å². The van der Waals surface area contributed by atoms with Gasteiger partial charge in [-0.15, -0.1) is 10.2 Å². The van der Waals surface area contributed by atoms with Gasteiger partial charge in [0.15, 0.2) is 5.82 Å². The van der Waals surface area contributed by atoms with Crippen LogP contribution in [0.25, 0.3) is 22.2 Å². The number of benzene rings is 2. The number of halogens is 1. The lowest BCUT2D eigenvalue weighted by Gasteiger charge is -2.04. The van der Waals surface area contributed by atoms with Crippen molar-refractivity contribution in [3.8, 4) is 11.4 Å². The van der Waals surface area contributed by atoms with Gasteiger partial charge in [-0.2, -0.15) is 0 Å². The summed E-state index contributed by atoms with van der Waals surface area (Å²) in [5.41, 5.74) is 6.45. The third-order valence-corrected chi connectivity index (χ3v) is 3.28. The zero-order chi connectivity index (χ0) is 12.7. The molecule has 3 aromatic rings. The summed E-state index contributed by atoms with van der Waals surface area (Å²) >= 11 is 3.45. The van der Waals surface area contributed by atoms with Gasteiger partial charge in [-0.05, 0) is 29.0 Å². The summed E-state index contributed by atoms with van der Waals surface area (Å²) in [6.07, 6.45) is 0. The smallest absolute Gasteiger partial charge is 0.241 e. The van der Waals surface area contributed by atoms with Crippen molar-refractivity contribution in [1.29, 1.82) is 0 Å². The minimum atomic E-state index is 0.195. The van der Waals surface area contributed by atoms with E-state index >= 15 is 0 Å². The highest BCUT2D eigenvalue weighted by Gasteiger charge is 2.09. The van der Waals surface area contributed by atoms with Crippen molar-refractivity contribution in [2.45, 2.75) is 0 Å². The lowest BCUT2D eigenvalue weighted by atomic mass is 10.1. The van der Waals surface area contributed by atoms with Gasteiger partial charge in [-0.3, -0.25) is 0 Å². The molecular formula is C12H10BrN5. The Morgan fingerprint density at radius 1 is 1.00 bits per heavy atom. The molecule has 1 aromatic heterocycles. The SMILES string of the molecule is Nc1nnc(-c2ccc3cc(Br)ccc3c2)n1N. The van der Waals surface area contributed by atoms with Crippen molar-refractivity contribution in [3.05, 3.63) is 40.9 Å². The number of rotatable bonds is 1. The topological polar surface area (TPSA) is 82.8 Å². The molecule has 0 aliphatic carbocycles. The van der Waals surface area contributed by atoms with Crippen LogP contribution in [0.4, 0.5) is 5.95 Å². The lowest BCUT2D eigenvalue weighted by Crippen LogP contribution is -2.13. The first-order valence-electron chi connectivity index (χ1n) is 5.31. The fourth-order valence-corrected chi connectivity index (χ4v) is 2.23. The van der Waals surface area contributed by atoms with Crippen LogP contribution in [0.5, 0.6) is 0 Å². The maximum atomic E-state index is 5.76. The molecule has 0 amide bonds. The molecule has 90 valence electrons. The molecule has 0 saturated carbocycles. The summed E-state index contributed by atoms with van der Waals surface area (Å²) in [5.74, 6) is 6.51. The fourth-order valence-electron chi connectivity index (χ4n) is 1.86. The molecular weight excluding hydrogens is 294 g/mol. The van der Waals surface area contributed by atoms with Crippen molar-refractivity contribution < 1.29 is 0 Å². The summed E-state index contributed by atoms with van der Waals surface area (Å²) in [4.78, 5) is 0. The van der Waals surface area contributed by atoms with E-state index in [9.17, 15) is 0 Å². The van der Waals surface area contributed by atoms with Gasteiger partial charge in [0.25, 0.3) is 0 Å². The van der Waals surface area contributed by atoms with E-state index in [0.717, 1.165) is 20.8 Å². The van der Waals surface area contributed by atoms with E-state index in [1.54, 1.807) is 0 Å². The molecule has 0 spiro atoms. The van der Waals surface area contributed by atoms with Crippen LogP contribution in [0, 0.1) is 0 Å². The summed E-state index contributed by atoms with van der Waals surface area (Å²) in [6.45, 7) is 0. The van der Waals surface area contributed by atoms with Crippen LogP contribution >= 0.6 is 15.9 Å². The van der Waals surface area contributed by atoms with Gasteiger partial charge in [-0.1, -0.05) is 34.1 Å². The monoisotopic (exact) mass is 303 g/mol. The first kappa shape index (κ1) is 11.0. The molecule has 0 atom stereocenters. The molecule has 1 heterocycles.